The number of aliphatic hydroxyl groups is 1. The highest BCUT2D eigenvalue weighted by Gasteiger charge is 2.67. The number of aromatic nitrogens is 6. The second-order valence-electron chi connectivity index (χ2n) is 13.3. The molecule has 0 saturated heterocycles. The molecule has 0 radical (unpaired) electrons. The van der Waals surface area contributed by atoms with Gasteiger partial charge < -0.3 is 15.5 Å². The molecule has 4 heterocycles. The van der Waals surface area contributed by atoms with Crippen LogP contribution in [0.2, 0.25) is 0 Å². The molecule has 4 N–H and O–H groups in total. The Hall–Kier alpha value is -5.96. The van der Waals surface area contributed by atoms with Crippen LogP contribution in [0, 0.1) is 29.4 Å². The summed E-state index contributed by atoms with van der Waals surface area (Å²) in [4.78, 5) is 29.8. The molecule has 3 atom stereocenters. The van der Waals surface area contributed by atoms with Crippen LogP contribution in [0.3, 0.4) is 0 Å². The van der Waals surface area contributed by atoms with E-state index in [2.05, 4.69) is 42.8 Å². The van der Waals surface area contributed by atoms with E-state index in [-0.39, 0.29) is 47.0 Å². The van der Waals surface area contributed by atoms with Gasteiger partial charge in [-0.2, -0.15) is 13.9 Å². The molecule has 0 spiro atoms. The minimum Gasteiger partial charge on any atom is -0.465 e. The molecule has 18 heteroatoms. The van der Waals surface area contributed by atoms with Gasteiger partial charge in [0.25, 0.3) is 12.3 Å². The Bertz CT molecular complexity index is 2340. The van der Waals surface area contributed by atoms with E-state index in [9.17, 15) is 37.4 Å². The molecular weight excluding hydrogens is 710 g/mol. The van der Waals surface area contributed by atoms with Gasteiger partial charge in [-0.05, 0) is 80.5 Å². The Labute approximate surface area is 295 Å². The summed E-state index contributed by atoms with van der Waals surface area (Å²) in [6.45, 7) is 1.97. The van der Waals surface area contributed by atoms with Crippen molar-refractivity contribution in [1.82, 2.24) is 34.7 Å². The maximum atomic E-state index is 15.3. The Morgan fingerprint density at radius 1 is 1.08 bits per heavy atom. The van der Waals surface area contributed by atoms with Crippen LogP contribution in [0.4, 0.5) is 37.1 Å². The molecular formula is C35H28F6N8O4. The standard InChI is InChI=1S/C35H28F6N8O4/c1-34(2,53)8-7-20-4-5-21(17-3-6-25-45-46-32(44-33(51)52)48(25)14-17)28(42-20)24(11-16-9-18(36)12-19(37)10-16)43-26(50)15-49-30-27(29(47-49)31(38)39)22-13-23(22)35(30,40)41/h3-6,9-10,12,14,22-24,31,53H,11,13,15H2,1-2H3,(H,43,50)(H,44,46)(H,51,52)/t22-,23+,24-/m0/s1. The number of hydrogen-bond donors (Lipinski definition) is 4. The SMILES string of the molecule is CC(C)(O)C#Cc1ccc(-c2ccc3nnc(NC(=O)O)n3c2)c([C@H](Cc2cc(F)cc(F)c2)NC(=O)Cn2nc(C(F)F)c3c2C(F)(F)[C@@H]2C[C@H]32)n1. The largest absolute Gasteiger partial charge is 0.465 e. The van der Waals surface area contributed by atoms with Gasteiger partial charge >= 0.3 is 6.09 Å². The van der Waals surface area contributed by atoms with Crippen LogP contribution in [-0.4, -0.2) is 57.2 Å². The molecule has 0 bridgehead atoms. The van der Waals surface area contributed by atoms with Crippen LogP contribution < -0.4 is 10.6 Å². The molecule has 2 aliphatic rings. The number of rotatable bonds is 9. The zero-order chi connectivity index (χ0) is 38.0. The number of fused-ring (bicyclic) bond motifs is 4. The Morgan fingerprint density at radius 2 is 1.81 bits per heavy atom. The van der Waals surface area contributed by atoms with Gasteiger partial charge in [0.1, 0.15) is 40.9 Å². The average molecular weight is 739 g/mol. The van der Waals surface area contributed by atoms with Crippen LogP contribution in [-0.2, 0) is 23.7 Å². The minimum atomic E-state index is -3.49. The maximum Gasteiger partial charge on any atom is 0.411 e. The number of carbonyl (C=O) groups excluding carboxylic acids is 1. The van der Waals surface area contributed by atoms with Crippen molar-refractivity contribution in [3.63, 3.8) is 0 Å². The van der Waals surface area contributed by atoms with Crippen molar-refractivity contribution in [2.24, 2.45) is 5.92 Å². The van der Waals surface area contributed by atoms with Crippen molar-refractivity contribution in [1.29, 1.82) is 0 Å². The molecule has 0 aliphatic heterocycles. The zero-order valence-electron chi connectivity index (χ0n) is 27.7. The number of pyridine rings is 2. The molecule has 1 fully saturated rings. The number of anilines is 1. The lowest BCUT2D eigenvalue weighted by atomic mass is 9.95. The van der Waals surface area contributed by atoms with Gasteiger partial charge in [-0.15, -0.1) is 10.2 Å². The first-order chi connectivity index (χ1) is 25.0. The lowest BCUT2D eigenvalue weighted by molar-refractivity contribution is -0.123. The van der Waals surface area contributed by atoms with Crippen LogP contribution in [0.15, 0.2) is 48.7 Å². The Balaban J connectivity index is 1.33. The number of amides is 2. The monoisotopic (exact) mass is 738 g/mol. The molecule has 53 heavy (non-hydrogen) atoms. The number of nitrogens with zero attached hydrogens (tertiary/aromatic N) is 6. The molecule has 4 aromatic heterocycles. The summed E-state index contributed by atoms with van der Waals surface area (Å²) in [6.07, 6.45) is -3.39. The van der Waals surface area contributed by atoms with E-state index in [0.717, 1.165) is 12.1 Å². The molecule has 1 saturated carbocycles. The van der Waals surface area contributed by atoms with Crippen molar-refractivity contribution in [3.8, 4) is 23.0 Å². The highest BCUT2D eigenvalue weighted by molar-refractivity contribution is 5.81. The summed E-state index contributed by atoms with van der Waals surface area (Å²) >= 11 is 0. The second-order valence-corrected chi connectivity index (χ2v) is 13.3. The van der Waals surface area contributed by atoms with E-state index in [4.69, 9.17) is 0 Å². The van der Waals surface area contributed by atoms with Gasteiger partial charge in [0.15, 0.2) is 5.65 Å². The predicted octanol–water partition coefficient (Wildman–Crippen LogP) is 5.73. The number of hydrogen-bond acceptors (Lipinski definition) is 7. The van der Waals surface area contributed by atoms with Crippen LogP contribution in [0.1, 0.15) is 72.6 Å². The van der Waals surface area contributed by atoms with Gasteiger partial charge in [-0.25, -0.2) is 27.3 Å². The normalized spacial score (nSPS) is 17.5. The van der Waals surface area contributed by atoms with Crippen molar-refractivity contribution in [2.45, 2.75) is 63.1 Å². The summed E-state index contributed by atoms with van der Waals surface area (Å²) in [5, 5.41) is 35.7. The first-order valence-electron chi connectivity index (χ1n) is 16.1. The number of nitrogens with one attached hydrogen (secondary N) is 2. The lowest BCUT2D eigenvalue weighted by Crippen LogP contribution is -2.35. The molecule has 0 unspecified atom stereocenters. The first-order valence-corrected chi connectivity index (χ1v) is 16.1. The quantitative estimate of drug-likeness (QED) is 0.110. The van der Waals surface area contributed by atoms with Crippen molar-refractivity contribution in [3.05, 3.63) is 94.2 Å². The summed E-state index contributed by atoms with van der Waals surface area (Å²) in [7, 11) is 0. The van der Waals surface area contributed by atoms with Crippen molar-refractivity contribution in [2.75, 3.05) is 5.32 Å². The second kappa shape index (κ2) is 12.9. The van der Waals surface area contributed by atoms with Gasteiger partial charge in [0.05, 0.1) is 11.7 Å². The van der Waals surface area contributed by atoms with E-state index in [1.165, 1.54) is 36.6 Å². The minimum absolute atomic E-state index is 0.0276. The fourth-order valence-electron chi connectivity index (χ4n) is 6.64. The average Bonchev–Trinajstić information content (AvgIpc) is 3.56. The number of carbonyl (C=O) groups is 2. The van der Waals surface area contributed by atoms with Crippen LogP contribution in [0.5, 0.6) is 0 Å². The topological polar surface area (TPSA) is 160 Å². The Kier molecular flexibility index (Phi) is 8.64. The molecule has 274 valence electrons. The highest BCUT2D eigenvalue weighted by atomic mass is 19.3. The van der Waals surface area contributed by atoms with E-state index in [0.29, 0.717) is 21.9 Å². The Morgan fingerprint density at radius 3 is 2.49 bits per heavy atom. The van der Waals surface area contributed by atoms with E-state index in [1.54, 1.807) is 12.1 Å². The van der Waals surface area contributed by atoms with Gasteiger partial charge in [-0.1, -0.05) is 5.92 Å². The van der Waals surface area contributed by atoms with E-state index in [1.807, 2.05) is 0 Å². The highest BCUT2D eigenvalue weighted by Crippen LogP contribution is 2.68. The zero-order valence-corrected chi connectivity index (χ0v) is 27.7. The molecule has 7 rings (SSSR count). The van der Waals surface area contributed by atoms with Crippen LogP contribution in [0.25, 0.3) is 16.8 Å². The lowest BCUT2D eigenvalue weighted by Gasteiger charge is -2.23. The third kappa shape index (κ3) is 6.99. The third-order valence-electron chi connectivity index (χ3n) is 8.84. The van der Waals surface area contributed by atoms with Gasteiger partial charge in [0, 0.05) is 34.9 Å². The molecule has 12 nitrogen and oxygen atoms in total. The summed E-state index contributed by atoms with van der Waals surface area (Å²) in [6, 6.07) is 7.57. The summed E-state index contributed by atoms with van der Waals surface area (Å²) < 4.78 is 89.2. The van der Waals surface area contributed by atoms with Crippen molar-refractivity contribution < 1.29 is 46.1 Å². The van der Waals surface area contributed by atoms with Gasteiger partial charge in [0.2, 0.25) is 11.9 Å². The number of benzene rings is 1. The molecule has 1 aromatic carbocycles. The number of alkyl halides is 4. The summed E-state index contributed by atoms with van der Waals surface area (Å²) in [5.41, 5.74) is -2.13. The molecule has 2 aliphatic carbocycles. The fraction of sp³-hybridized carbons (Fsp3) is 0.314. The predicted molar refractivity (Wildman–Crippen MR) is 174 cm³/mol. The van der Waals surface area contributed by atoms with Gasteiger partial charge in [-0.3, -0.25) is 19.2 Å². The van der Waals surface area contributed by atoms with Crippen molar-refractivity contribution >= 4 is 23.6 Å². The smallest absolute Gasteiger partial charge is 0.411 e. The summed E-state index contributed by atoms with van der Waals surface area (Å²) in [5.74, 6) is -3.04. The third-order valence-corrected chi connectivity index (χ3v) is 8.84. The van der Waals surface area contributed by atoms with Crippen LogP contribution >= 0.6 is 0 Å². The molecule has 2 amide bonds. The fourth-order valence-corrected chi connectivity index (χ4v) is 6.64. The number of halogens is 6. The molecule has 5 aromatic rings. The maximum absolute atomic E-state index is 15.3. The van der Waals surface area contributed by atoms with E-state index < -0.39 is 77.4 Å². The first kappa shape index (κ1) is 35.4. The number of carboxylic acid groups (broad SMARTS) is 1. The van der Waals surface area contributed by atoms with E-state index >= 15 is 8.78 Å².